The molecule has 0 aromatic heterocycles. The molecule has 0 N–H and O–H groups in total. The van der Waals surface area contributed by atoms with Crippen LogP contribution < -0.4 is 0 Å². The fourth-order valence-corrected chi connectivity index (χ4v) is 6.18. The lowest BCUT2D eigenvalue weighted by Gasteiger charge is -2.33. The van der Waals surface area contributed by atoms with Crippen molar-refractivity contribution in [2.24, 2.45) is 5.92 Å². The molecular formula is C24H29FN2O3S. The lowest BCUT2D eigenvalue weighted by Crippen LogP contribution is -2.44. The monoisotopic (exact) mass is 444 g/mol. The molecule has 1 fully saturated rings. The van der Waals surface area contributed by atoms with Crippen LogP contribution in [0, 0.1) is 11.7 Å². The zero-order chi connectivity index (χ0) is 22.0. The Morgan fingerprint density at radius 3 is 2.55 bits per heavy atom. The van der Waals surface area contributed by atoms with Crippen LogP contribution in [-0.4, -0.2) is 43.2 Å². The topological polar surface area (TPSA) is 57.7 Å². The summed E-state index contributed by atoms with van der Waals surface area (Å²) >= 11 is 0. The van der Waals surface area contributed by atoms with E-state index in [0.717, 1.165) is 30.4 Å². The highest BCUT2D eigenvalue weighted by molar-refractivity contribution is 7.89. The van der Waals surface area contributed by atoms with E-state index < -0.39 is 10.0 Å². The maximum absolute atomic E-state index is 13.5. The van der Waals surface area contributed by atoms with Gasteiger partial charge in [-0.05, 0) is 80.0 Å². The first-order valence-electron chi connectivity index (χ1n) is 11.0. The highest BCUT2D eigenvalue weighted by Gasteiger charge is 2.34. The number of halogens is 1. The van der Waals surface area contributed by atoms with Crippen LogP contribution in [0.25, 0.3) is 0 Å². The maximum Gasteiger partial charge on any atom is 0.243 e. The Balaban J connectivity index is 1.39. The number of hydrogen-bond donors (Lipinski definition) is 0. The predicted octanol–water partition coefficient (Wildman–Crippen LogP) is 3.76. The molecule has 0 radical (unpaired) electrons. The SMILES string of the molecule is CCN(Cc1cccc(F)c1)C(=O)C1CCN(S(=O)(=O)c2ccc3c(c2)CCC3)CC1. The minimum absolute atomic E-state index is 0.0151. The number of benzene rings is 2. The highest BCUT2D eigenvalue weighted by Crippen LogP contribution is 2.29. The highest BCUT2D eigenvalue weighted by atomic mass is 32.2. The van der Waals surface area contributed by atoms with Gasteiger partial charge in [0, 0.05) is 32.1 Å². The number of piperidine rings is 1. The Morgan fingerprint density at radius 1 is 1.10 bits per heavy atom. The molecule has 1 heterocycles. The van der Waals surface area contributed by atoms with Gasteiger partial charge >= 0.3 is 0 Å². The van der Waals surface area contributed by atoms with Gasteiger partial charge in [-0.25, -0.2) is 12.8 Å². The first-order chi connectivity index (χ1) is 14.9. The average molecular weight is 445 g/mol. The number of nitrogens with zero attached hydrogens (tertiary/aromatic N) is 2. The molecule has 0 bridgehead atoms. The van der Waals surface area contributed by atoms with Crippen LogP contribution in [-0.2, 0) is 34.2 Å². The summed E-state index contributed by atoms with van der Waals surface area (Å²) in [5.74, 6) is -0.507. The van der Waals surface area contributed by atoms with Gasteiger partial charge in [0.25, 0.3) is 0 Å². The molecule has 1 saturated heterocycles. The van der Waals surface area contributed by atoms with Crippen LogP contribution in [0.4, 0.5) is 4.39 Å². The van der Waals surface area contributed by atoms with E-state index in [1.165, 1.54) is 22.0 Å². The first kappa shape index (κ1) is 22.0. The van der Waals surface area contributed by atoms with Crippen LogP contribution in [0.2, 0.25) is 0 Å². The second-order valence-electron chi connectivity index (χ2n) is 8.44. The molecule has 0 spiro atoms. The largest absolute Gasteiger partial charge is 0.338 e. The van der Waals surface area contributed by atoms with E-state index >= 15 is 0 Å². The molecular weight excluding hydrogens is 415 g/mol. The van der Waals surface area contributed by atoms with Crippen molar-refractivity contribution in [3.05, 3.63) is 65.0 Å². The fourth-order valence-electron chi connectivity index (χ4n) is 4.66. The van der Waals surface area contributed by atoms with Gasteiger partial charge in [-0.1, -0.05) is 18.2 Å². The number of sulfonamides is 1. The van der Waals surface area contributed by atoms with Crippen molar-refractivity contribution < 1.29 is 17.6 Å². The van der Waals surface area contributed by atoms with Crippen molar-refractivity contribution in [1.82, 2.24) is 9.21 Å². The van der Waals surface area contributed by atoms with E-state index in [9.17, 15) is 17.6 Å². The van der Waals surface area contributed by atoms with Crippen molar-refractivity contribution >= 4 is 15.9 Å². The molecule has 1 aliphatic heterocycles. The molecule has 1 amide bonds. The zero-order valence-electron chi connectivity index (χ0n) is 17.9. The molecule has 31 heavy (non-hydrogen) atoms. The van der Waals surface area contributed by atoms with Gasteiger partial charge in [0.2, 0.25) is 15.9 Å². The smallest absolute Gasteiger partial charge is 0.243 e. The third kappa shape index (κ3) is 4.67. The van der Waals surface area contributed by atoms with Gasteiger partial charge in [0.05, 0.1) is 4.90 Å². The Labute approximate surface area is 183 Å². The summed E-state index contributed by atoms with van der Waals surface area (Å²) in [4.78, 5) is 15.1. The van der Waals surface area contributed by atoms with E-state index in [-0.39, 0.29) is 17.6 Å². The number of carbonyl (C=O) groups is 1. The average Bonchev–Trinajstić information content (AvgIpc) is 3.25. The molecule has 5 nitrogen and oxygen atoms in total. The van der Waals surface area contributed by atoms with Crippen molar-refractivity contribution in [3.63, 3.8) is 0 Å². The minimum atomic E-state index is -3.55. The lowest BCUT2D eigenvalue weighted by molar-refractivity contribution is -0.137. The van der Waals surface area contributed by atoms with Crippen LogP contribution in [0.3, 0.4) is 0 Å². The van der Waals surface area contributed by atoms with Crippen LogP contribution in [0.15, 0.2) is 47.4 Å². The molecule has 0 saturated carbocycles. The fraction of sp³-hybridized carbons (Fsp3) is 0.458. The second kappa shape index (κ2) is 9.09. The van der Waals surface area contributed by atoms with Gasteiger partial charge in [0.15, 0.2) is 0 Å². The molecule has 7 heteroatoms. The number of hydrogen-bond acceptors (Lipinski definition) is 3. The van der Waals surface area contributed by atoms with Gasteiger partial charge in [-0.15, -0.1) is 0 Å². The van der Waals surface area contributed by atoms with E-state index in [2.05, 4.69) is 0 Å². The number of fused-ring (bicyclic) bond motifs is 1. The van der Waals surface area contributed by atoms with Crippen LogP contribution in [0.1, 0.15) is 42.9 Å². The summed E-state index contributed by atoms with van der Waals surface area (Å²) in [6.45, 7) is 3.48. The molecule has 2 aromatic carbocycles. The zero-order valence-corrected chi connectivity index (χ0v) is 18.7. The third-order valence-electron chi connectivity index (χ3n) is 6.47. The Bertz CT molecular complexity index is 1060. The number of amides is 1. The van der Waals surface area contributed by atoms with Crippen molar-refractivity contribution in [2.45, 2.75) is 50.5 Å². The van der Waals surface area contributed by atoms with Crippen molar-refractivity contribution in [2.75, 3.05) is 19.6 Å². The number of carbonyl (C=O) groups excluding carboxylic acids is 1. The first-order valence-corrected chi connectivity index (χ1v) is 12.5. The Kier molecular flexibility index (Phi) is 6.44. The quantitative estimate of drug-likeness (QED) is 0.682. The maximum atomic E-state index is 13.5. The van der Waals surface area contributed by atoms with E-state index in [1.807, 2.05) is 25.1 Å². The van der Waals surface area contributed by atoms with E-state index in [1.54, 1.807) is 17.0 Å². The molecule has 2 aromatic rings. The van der Waals surface area contributed by atoms with E-state index in [4.69, 9.17) is 0 Å². The van der Waals surface area contributed by atoms with Gasteiger partial charge in [-0.3, -0.25) is 4.79 Å². The molecule has 4 rings (SSSR count). The normalized spacial score (nSPS) is 17.5. The molecule has 0 atom stereocenters. The standard InChI is InChI=1S/C24H29FN2O3S/c1-2-26(17-18-5-3-8-22(25)15-18)24(28)20-11-13-27(14-12-20)31(29,30)23-10-9-19-6-4-7-21(19)16-23/h3,5,8-10,15-16,20H,2,4,6-7,11-14,17H2,1H3. The molecule has 0 unspecified atom stereocenters. The van der Waals surface area contributed by atoms with Gasteiger partial charge in [-0.2, -0.15) is 4.31 Å². The summed E-state index contributed by atoms with van der Waals surface area (Å²) in [5.41, 5.74) is 3.15. The summed E-state index contributed by atoms with van der Waals surface area (Å²) in [6.07, 6.45) is 4.04. The van der Waals surface area contributed by atoms with Crippen molar-refractivity contribution in [1.29, 1.82) is 0 Å². The molecule has 1 aliphatic carbocycles. The predicted molar refractivity (Wildman–Crippen MR) is 117 cm³/mol. The van der Waals surface area contributed by atoms with Crippen LogP contribution in [0.5, 0.6) is 0 Å². The summed E-state index contributed by atoms with van der Waals surface area (Å²) in [5, 5.41) is 0. The van der Waals surface area contributed by atoms with Gasteiger partial charge in [0.1, 0.15) is 5.82 Å². The number of rotatable bonds is 6. The second-order valence-corrected chi connectivity index (χ2v) is 10.4. The Morgan fingerprint density at radius 2 is 1.84 bits per heavy atom. The molecule has 2 aliphatic rings. The van der Waals surface area contributed by atoms with Gasteiger partial charge < -0.3 is 4.90 Å². The Hall–Kier alpha value is -2.25. The van der Waals surface area contributed by atoms with Crippen molar-refractivity contribution in [3.8, 4) is 0 Å². The molecule has 166 valence electrons. The lowest BCUT2D eigenvalue weighted by atomic mass is 9.96. The summed E-state index contributed by atoms with van der Waals surface area (Å²) in [6, 6.07) is 11.8. The third-order valence-corrected chi connectivity index (χ3v) is 8.36. The van der Waals surface area contributed by atoms with E-state index in [0.29, 0.717) is 43.9 Å². The summed E-state index contributed by atoms with van der Waals surface area (Å²) in [7, 11) is -3.55. The minimum Gasteiger partial charge on any atom is -0.338 e. The van der Waals surface area contributed by atoms with Crippen LogP contribution >= 0.6 is 0 Å². The summed E-state index contributed by atoms with van der Waals surface area (Å²) < 4.78 is 41.2. The number of aryl methyl sites for hydroxylation is 2.